The number of aromatic carboxylic acids is 1. The van der Waals surface area contributed by atoms with Gasteiger partial charge < -0.3 is 15.7 Å². The van der Waals surface area contributed by atoms with Crippen LogP contribution >= 0.6 is 0 Å². The molecule has 3 rings (SSSR count). The van der Waals surface area contributed by atoms with Crippen molar-refractivity contribution in [3.05, 3.63) is 89.3 Å². The number of carboxylic acid groups (broad SMARTS) is 1. The molecule has 3 aromatic rings. The molecule has 2 amide bonds. The molecule has 0 saturated heterocycles. The summed E-state index contributed by atoms with van der Waals surface area (Å²) in [5.74, 6) is -1.93. The summed E-state index contributed by atoms with van der Waals surface area (Å²) in [7, 11) is 0. The number of rotatable bonds is 7. The molecule has 0 aliphatic heterocycles. The smallest absolute Gasteiger partial charge is 0.335 e. The fourth-order valence-corrected chi connectivity index (χ4v) is 2.42. The van der Waals surface area contributed by atoms with Gasteiger partial charge in [-0.1, -0.05) is 18.2 Å². The van der Waals surface area contributed by atoms with Gasteiger partial charge in [0.2, 0.25) is 0 Å². The second-order valence-corrected chi connectivity index (χ2v) is 6.02. The second-order valence-electron chi connectivity index (χ2n) is 6.02. The molecule has 1 aromatic carbocycles. The van der Waals surface area contributed by atoms with E-state index < -0.39 is 17.8 Å². The highest BCUT2D eigenvalue weighted by Crippen LogP contribution is 2.05. The van der Waals surface area contributed by atoms with Crippen LogP contribution in [0.4, 0.5) is 0 Å². The quantitative estimate of drug-likeness (QED) is 0.554. The molecule has 0 unspecified atom stereocenters. The van der Waals surface area contributed by atoms with E-state index in [1.165, 1.54) is 18.2 Å². The SMILES string of the molecule is O=C(O)c1ccc(CNC(=O)c2cc(C(=O)NCc3cccnc3)ncn2)cc1. The lowest BCUT2D eigenvalue weighted by Crippen LogP contribution is -2.27. The van der Waals surface area contributed by atoms with Gasteiger partial charge in [0.25, 0.3) is 11.8 Å². The van der Waals surface area contributed by atoms with Gasteiger partial charge in [0.15, 0.2) is 0 Å². The Hall–Kier alpha value is -4.14. The van der Waals surface area contributed by atoms with Gasteiger partial charge in [-0.3, -0.25) is 14.6 Å². The lowest BCUT2D eigenvalue weighted by Gasteiger charge is -2.07. The van der Waals surface area contributed by atoms with Crippen molar-refractivity contribution in [3.63, 3.8) is 0 Å². The molecule has 2 heterocycles. The molecule has 3 N–H and O–H groups in total. The molecule has 0 bridgehead atoms. The minimum atomic E-state index is -1.02. The van der Waals surface area contributed by atoms with Gasteiger partial charge in [0, 0.05) is 31.5 Å². The normalized spacial score (nSPS) is 10.2. The van der Waals surface area contributed by atoms with Crippen LogP contribution in [0.2, 0.25) is 0 Å². The van der Waals surface area contributed by atoms with Crippen molar-refractivity contribution in [1.82, 2.24) is 25.6 Å². The molecule has 0 aliphatic rings. The molecule has 146 valence electrons. The molecule has 0 saturated carbocycles. The summed E-state index contributed by atoms with van der Waals surface area (Å²) in [5.41, 5.74) is 1.85. The minimum absolute atomic E-state index is 0.0497. The number of benzene rings is 1. The maximum atomic E-state index is 12.3. The Kier molecular flexibility index (Phi) is 6.21. The van der Waals surface area contributed by atoms with E-state index >= 15 is 0 Å². The number of carbonyl (C=O) groups excluding carboxylic acids is 2. The number of hydrogen-bond donors (Lipinski definition) is 3. The summed E-state index contributed by atoms with van der Waals surface area (Å²) < 4.78 is 0. The van der Waals surface area contributed by atoms with E-state index in [2.05, 4.69) is 25.6 Å². The predicted octanol–water partition coefficient (Wildman–Crippen LogP) is 1.43. The van der Waals surface area contributed by atoms with Crippen molar-refractivity contribution >= 4 is 17.8 Å². The number of carboxylic acids is 1. The van der Waals surface area contributed by atoms with Crippen LogP contribution in [0.5, 0.6) is 0 Å². The first-order valence-electron chi connectivity index (χ1n) is 8.62. The zero-order valence-corrected chi connectivity index (χ0v) is 15.2. The Balaban J connectivity index is 1.58. The fraction of sp³-hybridized carbons (Fsp3) is 0.100. The van der Waals surface area contributed by atoms with Crippen LogP contribution in [0.25, 0.3) is 0 Å². The summed E-state index contributed by atoms with van der Waals surface area (Å²) in [4.78, 5) is 47.2. The highest BCUT2D eigenvalue weighted by molar-refractivity contribution is 5.97. The van der Waals surface area contributed by atoms with Crippen LogP contribution in [-0.2, 0) is 13.1 Å². The van der Waals surface area contributed by atoms with Crippen LogP contribution in [0.15, 0.2) is 61.2 Å². The van der Waals surface area contributed by atoms with Crippen LogP contribution in [0.3, 0.4) is 0 Å². The largest absolute Gasteiger partial charge is 0.478 e. The molecule has 0 fully saturated rings. The Bertz CT molecular complexity index is 1020. The van der Waals surface area contributed by atoms with Crippen molar-refractivity contribution in [2.75, 3.05) is 0 Å². The van der Waals surface area contributed by atoms with Gasteiger partial charge >= 0.3 is 5.97 Å². The zero-order chi connectivity index (χ0) is 20.6. The molecule has 0 aliphatic carbocycles. The summed E-state index contributed by atoms with van der Waals surface area (Å²) in [6.07, 6.45) is 4.43. The molecular weight excluding hydrogens is 374 g/mol. The Morgan fingerprint density at radius 1 is 0.862 bits per heavy atom. The standard InChI is InChI=1S/C20H17N5O4/c26-18(22-10-13-3-5-15(6-4-13)20(28)29)16-8-17(25-12-24-16)19(27)23-11-14-2-1-7-21-9-14/h1-9,12H,10-11H2,(H,22,26)(H,23,27)(H,28,29). The van der Waals surface area contributed by atoms with Crippen LogP contribution in [0.1, 0.15) is 42.5 Å². The molecule has 0 atom stereocenters. The van der Waals surface area contributed by atoms with Crippen LogP contribution in [-0.4, -0.2) is 37.8 Å². The van der Waals surface area contributed by atoms with E-state index in [4.69, 9.17) is 5.11 Å². The predicted molar refractivity (Wildman–Crippen MR) is 102 cm³/mol. The third-order valence-electron chi connectivity index (χ3n) is 3.96. The summed E-state index contributed by atoms with van der Waals surface area (Å²) in [5, 5.41) is 14.3. The molecular formula is C20H17N5O4. The third kappa shape index (κ3) is 5.42. The van der Waals surface area contributed by atoms with Crippen molar-refractivity contribution in [2.24, 2.45) is 0 Å². The van der Waals surface area contributed by atoms with Crippen molar-refractivity contribution < 1.29 is 19.5 Å². The third-order valence-corrected chi connectivity index (χ3v) is 3.96. The van der Waals surface area contributed by atoms with Crippen LogP contribution < -0.4 is 10.6 Å². The van der Waals surface area contributed by atoms with E-state index in [0.29, 0.717) is 0 Å². The minimum Gasteiger partial charge on any atom is -0.478 e. The maximum absolute atomic E-state index is 12.3. The maximum Gasteiger partial charge on any atom is 0.335 e. The van der Waals surface area contributed by atoms with Gasteiger partial charge in [-0.05, 0) is 29.3 Å². The van der Waals surface area contributed by atoms with E-state index in [9.17, 15) is 14.4 Å². The van der Waals surface area contributed by atoms with Crippen molar-refractivity contribution in [2.45, 2.75) is 13.1 Å². The Morgan fingerprint density at radius 2 is 1.48 bits per heavy atom. The lowest BCUT2D eigenvalue weighted by atomic mass is 10.1. The van der Waals surface area contributed by atoms with Crippen molar-refractivity contribution in [3.8, 4) is 0 Å². The molecule has 0 radical (unpaired) electrons. The number of carbonyl (C=O) groups is 3. The average molecular weight is 391 g/mol. The number of pyridine rings is 1. The van der Waals surface area contributed by atoms with E-state index in [1.54, 1.807) is 30.6 Å². The molecule has 9 nitrogen and oxygen atoms in total. The average Bonchev–Trinajstić information content (AvgIpc) is 2.77. The lowest BCUT2D eigenvalue weighted by molar-refractivity contribution is 0.0696. The molecule has 2 aromatic heterocycles. The zero-order valence-electron chi connectivity index (χ0n) is 15.2. The first-order chi connectivity index (χ1) is 14.0. The number of nitrogens with one attached hydrogen (secondary N) is 2. The van der Waals surface area contributed by atoms with Gasteiger partial charge in [-0.15, -0.1) is 0 Å². The summed E-state index contributed by atoms with van der Waals surface area (Å²) in [6, 6.07) is 11.0. The fourth-order valence-electron chi connectivity index (χ4n) is 2.42. The monoisotopic (exact) mass is 391 g/mol. The number of hydrogen-bond acceptors (Lipinski definition) is 6. The highest BCUT2D eigenvalue weighted by atomic mass is 16.4. The highest BCUT2D eigenvalue weighted by Gasteiger charge is 2.13. The Labute approximate surface area is 165 Å². The second kappa shape index (κ2) is 9.18. The van der Waals surface area contributed by atoms with Gasteiger partial charge in [0.1, 0.15) is 17.7 Å². The van der Waals surface area contributed by atoms with Gasteiger partial charge in [-0.2, -0.15) is 0 Å². The molecule has 0 spiro atoms. The number of nitrogens with zero attached hydrogens (tertiary/aromatic N) is 3. The number of aromatic nitrogens is 3. The molecule has 29 heavy (non-hydrogen) atoms. The summed E-state index contributed by atoms with van der Waals surface area (Å²) >= 11 is 0. The molecule has 9 heteroatoms. The van der Waals surface area contributed by atoms with E-state index in [0.717, 1.165) is 17.5 Å². The van der Waals surface area contributed by atoms with Crippen molar-refractivity contribution in [1.29, 1.82) is 0 Å². The van der Waals surface area contributed by atoms with Crippen LogP contribution in [0, 0.1) is 0 Å². The van der Waals surface area contributed by atoms with Gasteiger partial charge in [0.05, 0.1) is 5.56 Å². The van der Waals surface area contributed by atoms with E-state index in [1.807, 2.05) is 6.07 Å². The first-order valence-corrected chi connectivity index (χ1v) is 8.62. The van der Waals surface area contributed by atoms with E-state index in [-0.39, 0.29) is 30.0 Å². The number of amides is 2. The Morgan fingerprint density at radius 3 is 2.03 bits per heavy atom. The topological polar surface area (TPSA) is 134 Å². The van der Waals surface area contributed by atoms with Gasteiger partial charge in [-0.25, -0.2) is 14.8 Å². The summed E-state index contributed by atoms with van der Waals surface area (Å²) in [6.45, 7) is 0.468. The first kappa shape index (κ1) is 19.6.